The molecule has 0 spiro atoms. The van der Waals surface area contributed by atoms with Crippen molar-refractivity contribution in [3.05, 3.63) is 28.2 Å². The van der Waals surface area contributed by atoms with Gasteiger partial charge in [-0.05, 0) is 43.9 Å². The minimum absolute atomic E-state index is 0.156. The molecule has 0 aliphatic heterocycles. The zero-order valence-corrected chi connectivity index (χ0v) is 14.4. The maximum Gasteiger partial charge on any atom is 0.253 e. The number of carbonyl (C=O) groups is 2. The Balaban J connectivity index is 2.06. The first-order valence-electron chi connectivity index (χ1n) is 7.40. The second kappa shape index (κ2) is 7.74. The maximum atomic E-state index is 12.5. The molecule has 0 saturated heterocycles. The predicted octanol–water partition coefficient (Wildman–Crippen LogP) is 3.09. The monoisotopic (exact) mass is 368 g/mol. The summed E-state index contributed by atoms with van der Waals surface area (Å²) in [6.07, 6.45) is 4.03. The summed E-state index contributed by atoms with van der Waals surface area (Å²) >= 11 is 3.36. The number of anilines is 1. The molecular formula is C16H21BrN2O3. The van der Waals surface area contributed by atoms with E-state index in [0.717, 1.165) is 30.2 Å². The highest BCUT2D eigenvalue weighted by molar-refractivity contribution is 9.10. The van der Waals surface area contributed by atoms with Crippen molar-refractivity contribution in [1.29, 1.82) is 0 Å². The standard InChI is InChI=1S/C16H21BrN2O3/c1-10(20)18-15-8-3-11(17)9-14(15)16(21)19-12-4-6-13(22-2)7-5-12/h3,8-9,12-13H,4-7H2,1-2H3,(H,18,20)(H,19,21). The molecular weight excluding hydrogens is 348 g/mol. The fourth-order valence-corrected chi connectivity index (χ4v) is 3.07. The van der Waals surface area contributed by atoms with Gasteiger partial charge in [0.05, 0.1) is 17.4 Å². The fourth-order valence-electron chi connectivity index (χ4n) is 2.71. The number of carbonyl (C=O) groups excluding carboxylic acids is 2. The second-order valence-electron chi connectivity index (χ2n) is 5.55. The molecule has 0 atom stereocenters. The summed E-state index contributed by atoms with van der Waals surface area (Å²) in [4.78, 5) is 23.8. The van der Waals surface area contributed by atoms with Gasteiger partial charge in [0.15, 0.2) is 0 Å². The van der Waals surface area contributed by atoms with Gasteiger partial charge in [0, 0.05) is 24.5 Å². The summed E-state index contributed by atoms with van der Waals surface area (Å²) in [5.74, 6) is -0.358. The van der Waals surface area contributed by atoms with E-state index in [2.05, 4.69) is 26.6 Å². The van der Waals surface area contributed by atoms with E-state index in [4.69, 9.17) is 4.74 Å². The molecule has 2 rings (SSSR count). The van der Waals surface area contributed by atoms with Crippen molar-refractivity contribution < 1.29 is 14.3 Å². The van der Waals surface area contributed by atoms with Gasteiger partial charge in [0.25, 0.3) is 5.91 Å². The highest BCUT2D eigenvalue weighted by Crippen LogP contribution is 2.24. The van der Waals surface area contributed by atoms with E-state index >= 15 is 0 Å². The normalized spacial score (nSPS) is 21.2. The van der Waals surface area contributed by atoms with Crippen LogP contribution in [-0.4, -0.2) is 31.1 Å². The molecule has 0 bridgehead atoms. The van der Waals surface area contributed by atoms with E-state index in [1.54, 1.807) is 25.3 Å². The smallest absolute Gasteiger partial charge is 0.253 e. The van der Waals surface area contributed by atoms with E-state index in [1.807, 2.05) is 0 Å². The molecule has 1 aliphatic carbocycles. The molecule has 2 N–H and O–H groups in total. The van der Waals surface area contributed by atoms with Gasteiger partial charge in [0.2, 0.25) is 5.91 Å². The van der Waals surface area contributed by atoms with Crippen molar-refractivity contribution in [3.8, 4) is 0 Å². The third kappa shape index (κ3) is 4.55. The minimum atomic E-state index is -0.197. The molecule has 1 aromatic rings. The topological polar surface area (TPSA) is 67.4 Å². The van der Waals surface area contributed by atoms with Crippen LogP contribution < -0.4 is 10.6 Å². The highest BCUT2D eigenvalue weighted by Gasteiger charge is 2.23. The van der Waals surface area contributed by atoms with Crippen molar-refractivity contribution >= 4 is 33.4 Å². The van der Waals surface area contributed by atoms with Gasteiger partial charge in [-0.25, -0.2) is 0 Å². The number of methoxy groups -OCH3 is 1. The second-order valence-corrected chi connectivity index (χ2v) is 6.47. The van der Waals surface area contributed by atoms with Crippen molar-refractivity contribution in [1.82, 2.24) is 5.32 Å². The van der Waals surface area contributed by atoms with Crippen molar-refractivity contribution in [2.24, 2.45) is 0 Å². The quantitative estimate of drug-likeness (QED) is 0.857. The van der Waals surface area contributed by atoms with Crippen LogP contribution in [0, 0.1) is 0 Å². The number of rotatable bonds is 4. The minimum Gasteiger partial charge on any atom is -0.381 e. The third-order valence-corrected chi connectivity index (χ3v) is 4.37. The molecule has 0 unspecified atom stereocenters. The van der Waals surface area contributed by atoms with Crippen LogP contribution in [0.4, 0.5) is 5.69 Å². The molecule has 2 amide bonds. The first-order valence-corrected chi connectivity index (χ1v) is 8.19. The van der Waals surface area contributed by atoms with Crippen LogP contribution in [0.1, 0.15) is 43.0 Å². The van der Waals surface area contributed by atoms with Crippen LogP contribution in [0.25, 0.3) is 0 Å². The average Bonchev–Trinajstić information content (AvgIpc) is 2.49. The van der Waals surface area contributed by atoms with Crippen LogP contribution in [0.3, 0.4) is 0 Å². The number of benzene rings is 1. The lowest BCUT2D eigenvalue weighted by Crippen LogP contribution is -2.39. The Labute approximate surface area is 138 Å². The Morgan fingerprint density at radius 1 is 1.23 bits per heavy atom. The molecule has 1 saturated carbocycles. The summed E-state index contributed by atoms with van der Waals surface area (Å²) in [6, 6.07) is 5.40. The molecule has 0 aromatic heterocycles. The van der Waals surface area contributed by atoms with Crippen molar-refractivity contribution in [3.63, 3.8) is 0 Å². The van der Waals surface area contributed by atoms with Crippen molar-refractivity contribution in [2.75, 3.05) is 12.4 Å². The fraction of sp³-hybridized carbons (Fsp3) is 0.500. The van der Waals surface area contributed by atoms with E-state index in [1.165, 1.54) is 6.92 Å². The summed E-state index contributed by atoms with van der Waals surface area (Å²) in [7, 11) is 1.73. The van der Waals surface area contributed by atoms with Gasteiger partial charge in [-0.3, -0.25) is 9.59 Å². The van der Waals surface area contributed by atoms with Crippen LogP contribution in [0.2, 0.25) is 0 Å². The Kier molecular flexibility index (Phi) is 5.97. The lowest BCUT2D eigenvalue weighted by atomic mass is 9.92. The molecule has 120 valence electrons. The van der Waals surface area contributed by atoms with Crippen LogP contribution in [0.15, 0.2) is 22.7 Å². The molecule has 6 heteroatoms. The summed E-state index contributed by atoms with van der Waals surface area (Å²) < 4.78 is 6.14. The molecule has 1 aromatic carbocycles. The average molecular weight is 369 g/mol. The summed E-state index contributed by atoms with van der Waals surface area (Å²) in [5.41, 5.74) is 0.997. The van der Waals surface area contributed by atoms with Gasteiger partial charge < -0.3 is 15.4 Å². The van der Waals surface area contributed by atoms with E-state index in [0.29, 0.717) is 17.4 Å². The van der Waals surface area contributed by atoms with Gasteiger partial charge in [-0.15, -0.1) is 0 Å². The van der Waals surface area contributed by atoms with Crippen LogP contribution >= 0.6 is 15.9 Å². The van der Waals surface area contributed by atoms with E-state index in [9.17, 15) is 9.59 Å². The lowest BCUT2D eigenvalue weighted by Gasteiger charge is -2.28. The number of hydrogen-bond donors (Lipinski definition) is 2. The third-order valence-electron chi connectivity index (χ3n) is 3.88. The van der Waals surface area contributed by atoms with Gasteiger partial charge in [0.1, 0.15) is 0 Å². The van der Waals surface area contributed by atoms with Gasteiger partial charge in [-0.1, -0.05) is 15.9 Å². The molecule has 22 heavy (non-hydrogen) atoms. The van der Waals surface area contributed by atoms with Crippen LogP contribution in [0.5, 0.6) is 0 Å². The molecule has 5 nitrogen and oxygen atoms in total. The maximum absolute atomic E-state index is 12.5. The SMILES string of the molecule is COC1CCC(NC(=O)c2cc(Br)ccc2NC(C)=O)CC1. The molecule has 1 fully saturated rings. The molecule has 1 aliphatic rings. The Morgan fingerprint density at radius 3 is 2.50 bits per heavy atom. The first-order chi connectivity index (χ1) is 10.5. The first kappa shape index (κ1) is 17.0. The Bertz CT molecular complexity index is 554. The lowest BCUT2D eigenvalue weighted by molar-refractivity contribution is -0.114. The Hall–Kier alpha value is -1.40. The number of hydrogen-bond acceptors (Lipinski definition) is 3. The highest BCUT2D eigenvalue weighted by atomic mass is 79.9. The zero-order valence-electron chi connectivity index (χ0n) is 12.8. The molecule has 0 radical (unpaired) electrons. The summed E-state index contributed by atoms with van der Waals surface area (Å²) in [6.45, 7) is 1.43. The largest absolute Gasteiger partial charge is 0.381 e. The Morgan fingerprint density at radius 2 is 1.91 bits per heavy atom. The summed E-state index contributed by atoms with van der Waals surface area (Å²) in [5, 5.41) is 5.75. The van der Waals surface area contributed by atoms with Crippen LogP contribution in [-0.2, 0) is 9.53 Å². The van der Waals surface area contributed by atoms with Crippen molar-refractivity contribution in [2.45, 2.75) is 44.8 Å². The zero-order chi connectivity index (χ0) is 16.1. The van der Waals surface area contributed by atoms with Gasteiger partial charge in [-0.2, -0.15) is 0 Å². The number of amides is 2. The number of ether oxygens (including phenoxy) is 1. The number of halogens is 1. The molecule has 0 heterocycles. The van der Waals surface area contributed by atoms with E-state index in [-0.39, 0.29) is 17.9 Å². The van der Waals surface area contributed by atoms with E-state index < -0.39 is 0 Å². The number of nitrogens with one attached hydrogen (secondary N) is 2. The predicted molar refractivity (Wildman–Crippen MR) is 89.0 cm³/mol. The van der Waals surface area contributed by atoms with Gasteiger partial charge >= 0.3 is 0 Å².